The Morgan fingerprint density at radius 2 is 0.974 bits per heavy atom. The van der Waals surface area contributed by atoms with Crippen molar-refractivity contribution < 1.29 is 33.6 Å². The highest BCUT2D eigenvalue weighted by Gasteiger charge is 2.12. The molecule has 0 unspecified atom stereocenters. The van der Waals surface area contributed by atoms with E-state index in [4.69, 9.17) is 14.2 Å². The van der Waals surface area contributed by atoms with Crippen LogP contribution >= 0.6 is 0 Å². The SMILES string of the molecule is O=C(OCc1cccc([N+](=O)[O-])c1)c1ccc(Oc2ccc(C(=O)OCc3cccc([N+](=O)[O-])c3)cc2)cc1. The lowest BCUT2D eigenvalue weighted by molar-refractivity contribution is -0.385. The van der Waals surface area contributed by atoms with Gasteiger partial charge in [0.1, 0.15) is 24.7 Å². The minimum atomic E-state index is -0.596. The van der Waals surface area contributed by atoms with Crippen molar-refractivity contribution in [3.05, 3.63) is 140 Å². The second-order valence-electron chi connectivity index (χ2n) is 8.16. The zero-order chi connectivity index (χ0) is 27.8. The summed E-state index contributed by atoms with van der Waals surface area (Å²) < 4.78 is 16.2. The van der Waals surface area contributed by atoms with Crippen LogP contribution in [0.4, 0.5) is 11.4 Å². The maximum absolute atomic E-state index is 12.3. The number of carbonyl (C=O) groups is 2. The predicted octanol–water partition coefficient (Wildman–Crippen LogP) is 6.01. The van der Waals surface area contributed by atoms with E-state index in [-0.39, 0.29) is 35.7 Å². The Morgan fingerprint density at radius 3 is 1.33 bits per heavy atom. The van der Waals surface area contributed by atoms with Crippen LogP contribution in [0.15, 0.2) is 97.1 Å². The molecule has 0 radical (unpaired) electrons. The van der Waals surface area contributed by atoms with E-state index in [0.29, 0.717) is 22.6 Å². The molecule has 0 bridgehead atoms. The van der Waals surface area contributed by atoms with Crippen LogP contribution in [0.25, 0.3) is 0 Å². The number of carbonyl (C=O) groups excluding carboxylic acids is 2. The Bertz CT molecular complexity index is 1400. The second kappa shape index (κ2) is 12.1. The van der Waals surface area contributed by atoms with Crippen molar-refractivity contribution in [2.75, 3.05) is 0 Å². The molecule has 0 aromatic heterocycles. The van der Waals surface area contributed by atoms with E-state index in [1.54, 1.807) is 36.4 Å². The molecule has 39 heavy (non-hydrogen) atoms. The van der Waals surface area contributed by atoms with Crippen molar-refractivity contribution in [2.45, 2.75) is 13.2 Å². The first-order chi connectivity index (χ1) is 18.8. The fraction of sp³-hybridized carbons (Fsp3) is 0.0714. The molecule has 11 heteroatoms. The predicted molar refractivity (Wildman–Crippen MR) is 137 cm³/mol. The van der Waals surface area contributed by atoms with Crippen molar-refractivity contribution in [3.8, 4) is 11.5 Å². The molecule has 0 fully saturated rings. The highest BCUT2D eigenvalue weighted by molar-refractivity contribution is 5.90. The lowest BCUT2D eigenvalue weighted by Gasteiger charge is -2.09. The molecule has 0 amide bonds. The molecule has 0 aliphatic carbocycles. The summed E-state index contributed by atoms with van der Waals surface area (Å²) in [7, 11) is 0. The average molecular weight is 528 g/mol. The fourth-order valence-corrected chi connectivity index (χ4v) is 3.44. The molecule has 11 nitrogen and oxygen atoms in total. The first-order valence-electron chi connectivity index (χ1n) is 11.5. The van der Waals surface area contributed by atoms with Crippen LogP contribution in [-0.2, 0) is 22.7 Å². The number of esters is 2. The van der Waals surface area contributed by atoms with Gasteiger partial charge in [0.05, 0.1) is 21.0 Å². The van der Waals surface area contributed by atoms with Crippen molar-refractivity contribution >= 4 is 23.3 Å². The first kappa shape index (κ1) is 26.5. The molecule has 4 aromatic rings. The van der Waals surface area contributed by atoms with Crippen LogP contribution in [0.2, 0.25) is 0 Å². The fourth-order valence-electron chi connectivity index (χ4n) is 3.44. The summed E-state index contributed by atoms with van der Waals surface area (Å²) in [5.41, 5.74) is 1.36. The summed E-state index contributed by atoms with van der Waals surface area (Å²) in [5.74, 6) is -0.320. The van der Waals surface area contributed by atoms with E-state index < -0.39 is 21.8 Å². The number of hydrogen-bond acceptors (Lipinski definition) is 9. The Morgan fingerprint density at radius 1 is 0.590 bits per heavy atom. The highest BCUT2D eigenvalue weighted by Crippen LogP contribution is 2.23. The Kier molecular flexibility index (Phi) is 8.22. The van der Waals surface area contributed by atoms with Crippen molar-refractivity contribution in [1.82, 2.24) is 0 Å². The minimum Gasteiger partial charge on any atom is -0.457 e. The number of rotatable bonds is 10. The molecule has 0 saturated carbocycles. The zero-order valence-electron chi connectivity index (χ0n) is 20.2. The summed E-state index contributed by atoms with van der Waals surface area (Å²) in [6.07, 6.45) is 0. The maximum atomic E-state index is 12.3. The third-order valence-electron chi connectivity index (χ3n) is 5.40. The van der Waals surface area contributed by atoms with E-state index in [2.05, 4.69) is 0 Å². The van der Waals surface area contributed by atoms with Crippen LogP contribution < -0.4 is 4.74 Å². The standard InChI is InChI=1S/C28H20N2O9/c31-27(37-17-19-3-1-5-23(15-19)29(33)34)21-7-11-25(12-8-21)39-26-13-9-22(10-14-26)28(32)38-18-20-4-2-6-24(16-20)30(35)36/h1-16H,17-18H2. The van der Waals surface area contributed by atoms with E-state index in [0.717, 1.165) is 0 Å². The van der Waals surface area contributed by atoms with Gasteiger partial charge in [-0.25, -0.2) is 9.59 Å². The number of non-ortho nitro benzene ring substituents is 2. The highest BCUT2D eigenvalue weighted by atomic mass is 16.6. The second-order valence-corrected chi connectivity index (χ2v) is 8.16. The van der Waals surface area contributed by atoms with Gasteiger partial charge in [0.25, 0.3) is 11.4 Å². The molecule has 0 N–H and O–H groups in total. The van der Waals surface area contributed by atoms with Gasteiger partial charge in [0.2, 0.25) is 0 Å². The van der Waals surface area contributed by atoms with E-state index in [1.807, 2.05) is 0 Å². The Balaban J connectivity index is 1.28. The molecule has 0 aliphatic rings. The van der Waals surface area contributed by atoms with Gasteiger partial charge < -0.3 is 14.2 Å². The Hall–Kier alpha value is -5.58. The molecule has 4 aromatic carbocycles. The average Bonchev–Trinajstić information content (AvgIpc) is 2.95. The van der Waals surface area contributed by atoms with Gasteiger partial charge in [-0.2, -0.15) is 0 Å². The maximum Gasteiger partial charge on any atom is 0.338 e. The molecule has 0 spiro atoms. The summed E-state index contributed by atoms with van der Waals surface area (Å²) >= 11 is 0. The van der Waals surface area contributed by atoms with Crippen LogP contribution in [0.5, 0.6) is 11.5 Å². The number of nitrogens with zero attached hydrogens (tertiary/aromatic N) is 2. The number of benzene rings is 4. The van der Waals surface area contributed by atoms with Crippen LogP contribution in [0.1, 0.15) is 31.8 Å². The molecule has 0 atom stereocenters. The molecule has 196 valence electrons. The van der Waals surface area contributed by atoms with E-state index in [1.165, 1.54) is 60.7 Å². The molecule has 0 saturated heterocycles. The molecule has 0 heterocycles. The third-order valence-corrected chi connectivity index (χ3v) is 5.40. The number of nitro benzene ring substituents is 2. The summed E-state index contributed by atoms with van der Waals surface area (Å²) in [6.45, 7) is -0.225. The normalized spacial score (nSPS) is 10.4. The number of ether oxygens (including phenoxy) is 3. The van der Waals surface area contributed by atoms with Gasteiger partial charge in [0, 0.05) is 24.3 Å². The number of nitro groups is 2. The summed E-state index contributed by atoms with van der Waals surface area (Å²) in [5, 5.41) is 21.7. The largest absolute Gasteiger partial charge is 0.457 e. The Labute approximate surface area is 221 Å². The lowest BCUT2D eigenvalue weighted by atomic mass is 10.2. The van der Waals surface area contributed by atoms with Gasteiger partial charge in [-0.15, -0.1) is 0 Å². The quantitative estimate of drug-likeness (QED) is 0.137. The van der Waals surface area contributed by atoms with Crippen molar-refractivity contribution in [3.63, 3.8) is 0 Å². The van der Waals surface area contributed by atoms with E-state index in [9.17, 15) is 29.8 Å². The van der Waals surface area contributed by atoms with Gasteiger partial charge in [-0.3, -0.25) is 20.2 Å². The zero-order valence-corrected chi connectivity index (χ0v) is 20.2. The van der Waals surface area contributed by atoms with Crippen LogP contribution in [0, 0.1) is 20.2 Å². The van der Waals surface area contributed by atoms with Gasteiger partial charge >= 0.3 is 11.9 Å². The monoisotopic (exact) mass is 528 g/mol. The van der Waals surface area contributed by atoms with Crippen LogP contribution in [-0.4, -0.2) is 21.8 Å². The lowest BCUT2D eigenvalue weighted by Crippen LogP contribution is -2.05. The van der Waals surface area contributed by atoms with Gasteiger partial charge in [-0.1, -0.05) is 24.3 Å². The molecule has 4 rings (SSSR count). The topological polar surface area (TPSA) is 148 Å². The third kappa shape index (κ3) is 7.23. The van der Waals surface area contributed by atoms with Crippen LogP contribution in [0.3, 0.4) is 0 Å². The van der Waals surface area contributed by atoms with Gasteiger partial charge in [-0.05, 0) is 59.7 Å². The summed E-state index contributed by atoms with van der Waals surface area (Å²) in [6, 6.07) is 24.0. The van der Waals surface area contributed by atoms with Crippen molar-refractivity contribution in [1.29, 1.82) is 0 Å². The molecule has 0 aliphatic heterocycles. The number of hydrogen-bond donors (Lipinski definition) is 0. The van der Waals surface area contributed by atoms with E-state index >= 15 is 0 Å². The molecular formula is C28H20N2O9. The smallest absolute Gasteiger partial charge is 0.338 e. The van der Waals surface area contributed by atoms with Gasteiger partial charge in [0.15, 0.2) is 0 Å². The minimum absolute atomic E-state index is 0.0875. The summed E-state index contributed by atoms with van der Waals surface area (Å²) in [4.78, 5) is 45.4. The molecular weight excluding hydrogens is 508 g/mol. The van der Waals surface area contributed by atoms with Crippen molar-refractivity contribution in [2.24, 2.45) is 0 Å². The first-order valence-corrected chi connectivity index (χ1v) is 11.5.